The molecule has 1 amide bonds. The second-order valence-corrected chi connectivity index (χ2v) is 4.61. The number of nitrogens with one attached hydrogen (secondary N) is 1. The quantitative estimate of drug-likeness (QED) is 0.862. The number of nitrogens with zero attached hydrogens (tertiary/aromatic N) is 1. The first-order valence-corrected chi connectivity index (χ1v) is 6.00. The predicted molar refractivity (Wildman–Crippen MR) is 74.0 cm³/mol. The Morgan fingerprint density at radius 3 is 2.39 bits per heavy atom. The normalized spacial score (nSPS) is 10.4. The third kappa shape index (κ3) is 2.16. The highest BCUT2D eigenvalue weighted by molar-refractivity contribution is 6.05. The van der Waals surface area contributed by atoms with E-state index in [1.807, 2.05) is 62.7 Å². The van der Waals surface area contributed by atoms with Crippen molar-refractivity contribution < 1.29 is 4.79 Å². The van der Waals surface area contributed by atoms with Crippen LogP contribution in [0.2, 0.25) is 0 Å². The van der Waals surface area contributed by atoms with Gasteiger partial charge in [-0.25, -0.2) is 0 Å². The summed E-state index contributed by atoms with van der Waals surface area (Å²) in [7, 11) is 1.97. The number of hydrogen-bond acceptors (Lipinski definition) is 1. The van der Waals surface area contributed by atoms with Gasteiger partial charge in [0.2, 0.25) is 0 Å². The molecule has 0 unspecified atom stereocenters. The number of anilines is 1. The number of carbonyl (C=O) groups excluding carboxylic acids is 1. The molecule has 0 saturated heterocycles. The summed E-state index contributed by atoms with van der Waals surface area (Å²) < 4.78 is 2.02. The van der Waals surface area contributed by atoms with E-state index in [0.717, 1.165) is 28.2 Å². The molecule has 0 atom stereocenters. The van der Waals surface area contributed by atoms with Crippen LogP contribution in [-0.2, 0) is 7.05 Å². The van der Waals surface area contributed by atoms with Crippen molar-refractivity contribution in [1.29, 1.82) is 0 Å². The molecular formula is C15H18N2O. The minimum atomic E-state index is -0.0505. The maximum absolute atomic E-state index is 12.2. The molecule has 1 N–H and O–H groups in total. The average Bonchev–Trinajstić information content (AvgIpc) is 2.60. The first-order chi connectivity index (χ1) is 8.50. The molecule has 0 aliphatic rings. The zero-order valence-electron chi connectivity index (χ0n) is 11.2. The van der Waals surface area contributed by atoms with E-state index in [9.17, 15) is 4.79 Å². The molecule has 0 radical (unpaired) electrons. The van der Waals surface area contributed by atoms with Crippen molar-refractivity contribution in [2.45, 2.75) is 20.8 Å². The van der Waals surface area contributed by atoms with Gasteiger partial charge >= 0.3 is 0 Å². The summed E-state index contributed by atoms with van der Waals surface area (Å²) in [6.07, 6.45) is 0. The number of rotatable bonds is 2. The lowest BCUT2D eigenvalue weighted by Gasteiger charge is -2.08. The number of carbonyl (C=O) groups is 1. The number of para-hydroxylation sites is 1. The SMILES string of the molecule is Cc1ccccc1NC(=O)c1cc(C)n(C)c1C. The molecule has 0 bridgehead atoms. The van der Waals surface area contributed by atoms with Crippen LogP contribution < -0.4 is 5.32 Å². The molecule has 0 aliphatic carbocycles. The van der Waals surface area contributed by atoms with E-state index in [0.29, 0.717) is 0 Å². The van der Waals surface area contributed by atoms with E-state index in [4.69, 9.17) is 0 Å². The molecule has 1 aromatic heterocycles. The largest absolute Gasteiger partial charge is 0.351 e. The Labute approximate surface area is 107 Å². The van der Waals surface area contributed by atoms with Crippen LogP contribution in [0.5, 0.6) is 0 Å². The van der Waals surface area contributed by atoms with Gasteiger partial charge in [0.15, 0.2) is 0 Å². The zero-order valence-corrected chi connectivity index (χ0v) is 11.2. The van der Waals surface area contributed by atoms with Gasteiger partial charge in [-0.2, -0.15) is 0 Å². The van der Waals surface area contributed by atoms with E-state index in [2.05, 4.69) is 5.32 Å². The van der Waals surface area contributed by atoms with Crippen molar-refractivity contribution in [1.82, 2.24) is 4.57 Å². The summed E-state index contributed by atoms with van der Waals surface area (Å²) >= 11 is 0. The van der Waals surface area contributed by atoms with E-state index >= 15 is 0 Å². The van der Waals surface area contributed by atoms with E-state index in [1.54, 1.807) is 0 Å². The second kappa shape index (κ2) is 4.69. The Hall–Kier alpha value is -2.03. The topological polar surface area (TPSA) is 34.0 Å². The molecule has 3 nitrogen and oxygen atoms in total. The van der Waals surface area contributed by atoms with Crippen LogP contribution in [0.4, 0.5) is 5.69 Å². The summed E-state index contributed by atoms with van der Waals surface area (Å²) in [5.41, 5.74) is 4.74. The van der Waals surface area contributed by atoms with Gasteiger partial charge in [-0.3, -0.25) is 4.79 Å². The van der Waals surface area contributed by atoms with Crippen molar-refractivity contribution >= 4 is 11.6 Å². The van der Waals surface area contributed by atoms with Crippen LogP contribution in [0, 0.1) is 20.8 Å². The average molecular weight is 242 g/mol. The summed E-state index contributed by atoms with van der Waals surface area (Å²) in [6.45, 7) is 5.94. The first kappa shape index (κ1) is 12.4. The van der Waals surface area contributed by atoms with Crippen molar-refractivity contribution in [3.05, 3.63) is 52.8 Å². The van der Waals surface area contributed by atoms with Crippen LogP contribution in [0.1, 0.15) is 27.3 Å². The third-order valence-corrected chi connectivity index (χ3v) is 3.41. The van der Waals surface area contributed by atoms with E-state index in [-0.39, 0.29) is 5.91 Å². The van der Waals surface area contributed by atoms with E-state index in [1.165, 1.54) is 0 Å². The highest BCUT2D eigenvalue weighted by atomic mass is 16.1. The van der Waals surface area contributed by atoms with Gasteiger partial charge in [0.1, 0.15) is 0 Å². The number of hydrogen-bond donors (Lipinski definition) is 1. The highest BCUT2D eigenvalue weighted by Gasteiger charge is 2.14. The maximum Gasteiger partial charge on any atom is 0.257 e. The van der Waals surface area contributed by atoms with Gasteiger partial charge in [0.05, 0.1) is 5.56 Å². The highest BCUT2D eigenvalue weighted by Crippen LogP contribution is 2.18. The molecule has 1 aromatic carbocycles. The van der Waals surface area contributed by atoms with Gasteiger partial charge in [-0.05, 0) is 38.5 Å². The fraction of sp³-hybridized carbons (Fsp3) is 0.267. The monoisotopic (exact) mass is 242 g/mol. The fourth-order valence-electron chi connectivity index (χ4n) is 1.99. The Morgan fingerprint density at radius 2 is 1.83 bits per heavy atom. The molecule has 2 aromatic rings. The smallest absolute Gasteiger partial charge is 0.257 e. The second-order valence-electron chi connectivity index (χ2n) is 4.61. The Balaban J connectivity index is 2.28. The van der Waals surface area contributed by atoms with Crippen LogP contribution in [-0.4, -0.2) is 10.5 Å². The van der Waals surface area contributed by atoms with Gasteiger partial charge in [-0.15, -0.1) is 0 Å². The Morgan fingerprint density at radius 1 is 1.17 bits per heavy atom. The molecule has 94 valence electrons. The maximum atomic E-state index is 12.2. The molecular weight excluding hydrogens is 224 g/mol. The van der Waals surface area contributed by atoms with Crippen LogP contribution in [0.25, 0.3) is 0 Å². The van der Waals surface area contributed by atoms with Gasteiger partial charge < -0.3 is 9.88 Å². The van der Waals surface area contributed by atoms with Gasteiger partial charge in [0.25, 0.3) is 5.91 Å². The van der Waals surface area contributed by atoms with Crippen LogP contribution >= 0.6 is 0 Å². The lowest BCUT2D eigenvalue weighted by atomic mass is 10.2. The van der Waals surface area contributed by atoms with Crippen LogP contribution in [0.3, 0.4) is 0 Å². The lowest BCUT2D eigenvalue weighted by molar-refractivity contribution is 0.102. The minimum Gasteiger partial charge on any atom is -0.351 e. The molecule has 0 fully saturated rings. The summed E-state index contributed by atoms with van der Waals surface area (Å²) in [6, 6.07) is 9.70. The zero-order chi connectivity index (χ0) is 13.3. The van der Waals surface area contributed by atoms with Crippen LogP contribution in [0.15, 0.2) is 30.3 Å². The molecule has 3 heteroatoms. The minimum absolute atomic E-state index is 0.0505. The van der Waals surface area contributed by atoms with E-state index < -0.39 is 0 Å². The third-order valence-electron chi connectivity index (χ3n) is 3.41. The number of aryl methyl sites for hydroxylation is 2. The molecule has 18 heavy (non-hydrogen) atoms. The molecule has 1 heterocycles. The standard InChI is InChI=1S/C15H18N2O/c1-10-7-5-6-8-14(10)16-15(18)13-9-11(2)17(4)12(13)3/h5-9H,1-4H3,(H,16,18). The summed E-state index contributed by atoms with van der Waals surface area (Å²) in [5, 5.41) is 2.96. The molecule has 2 rings (SSSR count). The number of benzene rings is 1. The lowest BCUT2D eigenvalue weighted by Crippen LogP contribution is -2.13. The summed E-state index contributed by atoms with van der Waals surface area (Å²) in [4.78, 5) is 12.2. The first-order valence-electron chi connectivity index (χ1n) is 6.00. The van der Waals surface area contributed by atoms with Gasteiger partial charge in [0, 0.05) is 24.1 Å². The van der Waals surface area contributed by atoms with Crippen molar-refractivity contribution in [2.24, 2.45) is 7.05 Å². The molecule has 0 aliphatic heterocycles. The molecule has 0 saturated carbocycles. The number of amides is 1. The fourth-order valence-corrected chi connectivity index (χ4v) is 1.99. The van der Waals surface area contributed by atoms with Crippen molar-refractivity contribution in [2.75, 3.05) is 5.32 Å². The van der Waals surface area contributed by atoms with Crippen molar-refractivity contribution in [3.8, 4) is 0 Å². The van der Waals surface area contributed by atoms with Gasteiger partial charge in [-0.1, -0.05) is 18.2 Å². The predicted octanol–water partition coefficient (Wildman–Crippen LogP) is 3.20. The Bertz CT molecular complexity index is 597. The number of aromatic nitrogens is 1. The van der Waals surface area contributed by atoms with Crippen molar-refractivity contribution in [3.63, 3.8) is 0 Å². The molecule has 0 spiro atoms. The summed E-state index contributed by atoms with van der Waals surface area (Å²) in [5.74, 6) is -0.0505. The Kier molecular flexibility index (Phi) is 3.24.